The molecule has 0 amide bonds. The molecule has 0 spiro atoms. The Labute approximate surface area is 169 Å². The van der Waals surface area contributed by atoms with E-state index >= 15 is 0 Å². The maximum absolute atomic E-state index is 12.6. The second-order valence-electron chi connectivity index (χ2n) is 6.77. The zero-order chi connectivity index (χ0) is 20.1. The Morgan fingerprint density at radius 1 is 0.897 bits per heavy atom. The van der Waals surface area contributed by atoms with E-state index in [4.69, 9.17) is 14.5 Å². The SMILES string of the molecule is COc1ccc(Cc2nc3ccccc3n2CC(=O)COc2ccccc2)cc1. The zero-order valence-corrected chi connectivity index (χ0v) is 16.2. The van der Waals surface area contributed by atoms with Crippen molar-refractivity contribution in [1.29, 1.82) is 0 Å². The highest BCUT2D eigenvalue weighted by atomic mass is 16.5. The minimum atomic E-state index is -0.00649. The first-order chi connectivity index (χ1) is 14.2. The van der Waals surface area contributed by atoms with Crippen molar-refractivity contribution in [2.75, 3.05) is 13.7 Å². The molecule has 4 aromatic rings. The van der Waals surface area contributed by atoms with E-state index in [9.17, 15) is 4.79 Å². The van der Waals surface area contributed by atoms with E-state index in [1.807, 2.05) is 83.4 Å². The maximum Gasteiger partial charge on any atom is 0.189 e. The molecule has 0 atom stereocenters. The van der Waals surface area contributed by atoms with Crippen molar-refractivity contribution in [1.82, 2.24) is 9.55 Å². The quantitative estimate of drug-likeness (QED) is 0.453. The number of methoxy groups -OCH3 is 1. The zero-order valence-electron chi connectivity index (χ0n) is 16.2. The lowest BCUT2D eigenvalue weighted by atomic mass is 10.1. The second kappa shape index (κ2) is 8.61. The summed E-state index contributed by atoms with van der Waals surface area (Å²) < 4.78 is 12.8. The standard InChI is InChI=1S/C24H22N2O3/c1-28-20-13-11-18(12-14-20)15-24-25-22-9-5-6-10-23(22)26(24)16-19(27)17-29-21-7-3-2-4-8-21/h2-14H,15-17H2,1H3. The monoisotopic (exact) mass is 386 g/mol. The normalized spacial score (nSPS) is 10.8. The highest BCUT2D eigenvalue weighted by molar-refractivity contribution is 5.83. The number of carbonyl (C=O) groups is 1. The van der Waals surface area contributed by atoms with E-state index in [1.54, 1.807) is 7.11 Å². The number of carbonyl (C=O) groups excluding carboxylic acids is 1. The van der Waals surface area contributed by atoms with Gasteiger partial charge >= 0.3 is 0 Å². The van der Waals surface area contributed by atoms with Crippen molar-refractivity contribution in [3.05, 3.63) is 90.3 Å². The topological polar surface area (TPSA) is 53.4 Å². The highest BCUT2D eigenvalue weighted by Gasteiger charge is 2.14. The summed E-state index contributed by atoms with van der Waals surface area (Å²) in [5, 5.41) is 0. The number of fused-ring (bicyclic) bond motifs is 1. The first-order valence-electron chi connectivity index (χ1n) is 9.49. The van der Waals surface area contributed by atoms with Gasteiger partial charge in [-0.1, -0.05) is 42.5 Å². The van der Waals surface area contributed by atoms with Crippen molar-refractivity contribution in [2.45, 2.75) is 13.0 Å². The highest BCUT2D eigenvalue weighted by Crippen LogP contribution is 2.20. The summed E-state index contributed by atoms with van der Waals surface area (Å²) in [5.74, 6) is 2.35. The van der Waals surface area contributed by atoms with Gasteiger partial charge in [0.05, 0.1) is 24.7 Å². The molecule has 5 heteroatoms. The van der Waals surface area contributed by atoms with Crippen molar-refractivity contribution in [3.8, 4) is 11.5 Å². The van der Waals surface area contributed by atoms with Gasteiger partial charge in [-0.25, -0.2) is 4.98 Å². The van der Waals surface area contributed by atoms with Crippen LogP contribution in [0, 0.1) is 0 Å². The molecule has 0 saturated carbocycles. The first kappa shape index (κ1) is 18.7. The fourth-order valence-electron chi connectivity index (χ4n) is 3.27. The molecule has 0 bridgehead atoms. The van der Waals surface area contributed by atoms with Crippen molar-refractivity contribution >= 4 is 16.8 Å². The average Bonchev–Trinajstić information content (AvgIpc) is 3.10. The smallest absolute Gasteiger partial charge is 0.189 e. The summed E-state index contributed by atoms with van der Waals surface area (Å²) in [4.78, 5) is 17.4. The number of aromatic nitrogens is 2. The van der Waals surface area contributed by atoms with E-state index in [1.165, 1.54) is 0 Å². The molecular formula is C24H22N2O3. The number of nitrogens with zero attached hydrogens (tertiary/aromatic N) is 2. The molecular weight excluding hydrogens is 364 g/mol. The number of ether oxygens (including phenoxy) is 2. The summed E-state index contributed by atoms with van der Waals surface area (Å²) in [5.41, 5.74) is 2.94. The van der Waals surface area contributed by atoms with Gasteiger partial charge in [-0.2, -0.15) is 0 Å². The summed E-state index contributed by atoms with van der Waals surface area (Å²) in [7, 11) is 1.65. The van der Waals surface area contributed by atoms with Crippen LogP contribution in [0.2, 0.25) is 0 Å². The average molecular weight is 386 g/mol. The van der Waals surface area contributed by atoms with Crippen molar-refractivity contribution in [3.63, 3.8) is 0 Å². The minimum Gasteiger partial charge on any atom is -0.497 e. The second-order valence-corrected chi connectivity index (χ2v) is 6.77. The number of hydrogen-bond acceptors (Lipinski definition) is 4. The van der Waals surface area contributed by atoms with Gasteiger partial charge in [0.1, 0.15) is 23.9 Å². The lowest BCUT2D eigenvalue weighted by Gasteiger charge is -2.10. The van der Waals surface area contributed by atoms with Crippen molar-refractivity contribution in [2.24, 2.45) is 0 Å². The predicted molar refractivity (Wildman–Crippen MR) is 112 cm³/mol. The largest absolute Gasteiger partial charge is 0.497 e. The molecule has 0 aliphatic heterocycles. The molecule has 29 heavy (non-hydrogen) atoms. The Bertz CT molecular complexity index is 1100. The molecule has 3 aromatic carbocycles. The number of ketones is 1. The molecule has 0 aliphatic carbocycles. The van der Waals surface area contributed by atoms with Crippen LogP contribution in [0.15, 0.2) is 78.9 Å². The molecule has 0 radical (unpaired) electrons. The van der Waals surface area contributed by atoms with Crippen LogP contribution >= 0.6 is 0 Å². The Morgan fingerprint density at radius 3 is 2.38 bits per heavy atom. The van der Waals surface area contributed by atoms with Crippen LogP contribution < -0.4 is 9.47 Å². The Morgan fingerprint density at radius 2 is 1.62 bits per heavy atom. The molecule has 0 fully saturated rings. The van der Waals surface area contributed by atoms with E-state index < -0.39 is 0 Å². The van der Waals surface area contributed by atoms with Gasteiger partial charge in [-0.3, -0.25) is 4.79 Å². The van der Waals surface area contributed by atoms with E-state index in [-0.39, 0.29) is 18.9 Å². The molecule has 0 N–H and O–H groups in total. The van der Waals surface area contributed by atoms with Gasteiger partial charge in [0.15, 0.2) is 5.78 Å². The van der Waals surface area contributed by atoms with Gasteiger partial charge < -0.3 is 14.0 Å². The molecule has 0 saturated heterocycles. The third-order valence-corrected chi connectivity index (χ3v) is 4.73. The van der Waals surface area contributed by atoms with Gasteiger partial charge in [-0.05, 0) is 42.0 Å². The minimum absolute atomic E-state index is 0.00649. The Hall–Kier alpha value is -3.60. The van der Waals surface area contributed by atoms with E-state index in [0.29, 0.717) is 12.2 Å². The lowest BCUT2D eigenvalue weighted by molar-refractivity contribution is -0.121. The van der Waals surface area contributed by atoms with Gasteiger partial charge in [0, 0.05) is 6.42 Å². The molecule has 5 nitrogen and oxygen atoms in total. The van der Waals surface area contributed by atoms with Gasteiger partial charge in [-0.15, -0.1) is 0 Å². The molecule has 1 heterocycles. The Kier molecular flexibility index (Phi) is 5.56. The summed E-state index contributed by atoms with van der Waals surface area (Å²) in [6.45, 7) is 0.247. The number of rotatable bonds is 8. The fourth-order valence-corrected chi connectivity index (χ4v) is 3.27. The number of benzene rings is 3. The molecule has 4 rings (SSSR count). The number of imidazole rings is 1. The lowest BCUT2D eigenvalue weighted by Crippen LogP contribution is -2.19. The van der Waals surface area contributed by atoms with Crippen LogP contribution in [-0.4, -0.2) is 29.1 Å². The van der Waals surface area contributed by atoms with E-state index in [2.05, 4.69) is 0 Å². The first-order valence-corrected chi connectivity index (χ1v) is 9.49. The number of para-hydroxylation sites is 3. The molecule has 0 aliphatic rings. The third-order valence-electron chi connectivity index (χ3n) is 4.73. The number of Topliss-reactive ketones (excluding diaryl/α,β-unsaturated/α-hetero) is 1. The van der Waals surface area contributed by atoms with Crippen LogP contribution in [0.5, 0.6) is 11.5 Å². The summed E-state index contributed by atoms with van der Waals surface area (Å²) in [6.07, 6.45) is 0.630. The van der Waals surface area contributed by atoms with Gasteiger partial charge in [0.25, 0.3) is 0 Å². The van der Waals surface area contributed by atoms with Crippen molar-refractivity contribution < 1.29 is 14.3 Å². The van der Waals surface area contributed by atoms with Gasteiger partial charge in [0.2, 0.25) is 0 Å². The Balaban J connectivity index is 1.55. The molecule has 146 valence electrons. The van der Waals surface area contributed by atoms with Crippen LogP contribution in [0.25, 0.3) is 11.0 Å². The molecule has 1 aromatic heterocycles. The molecule has 0 unspecified atom stereocenters. The third kappa shape index (κ3) is 4.46. The van der Waals surface area contributed by atoms with E-state index in [0.717, 1.165) is 28.2 Å². The maximum atomic E-state index is 12.6. The van der Waals surface area contributed by atoms with Crippen LogP contribution in [0.3, 0.4) is 0 Å². The number of hydrogen-bond donors (Lipinski definition) is 0. The van der Waals surface area contributed by atoms with Crippen LogP contribution in [0.4, 0.5) is 0 Å². The van der Waals surface area contributed by atoms with Crippen LogP contribution in [0.1, 0.15) is 11.4 Å². The summed E-state index contributed by atoms with van der Waals surface area (Å²) >= 11 is 0. The van der Waals surface area contributed by atoms with Crippen LogP contribution in [-0.2, 0) is 17.8 Å². The predicted octanol–water partition coefficient (Wildman–Crippen LogP) is 4.28. The summed E-state index contributed by atoms with van der Waals surface area (Å²) in [6, 6.07) is 25.1. The fraction of sp³-hybridized carbons (Fsp3) is 0.167.